The Kier molecular flexibility index (Phi) is 4.89. The quantitative estimate of drug-likeness (QED) is 0.750. The van der Waals surface area contributed by atoms with E-state index < -0.39 is 16.1 Å². The van der Waals surface area contributed by atoms with Crippen molar-refractivity contribution < 1.29 is 13.2 Å². The van der Waals surface area contributed by atoms with E-state index in [0.29, 0.717) is 30.8 Å². The van der Waals surface area contributed by atoms with E-state index in [1.807, 2.05) is 30.3 Å². The molecule has 4 aliphatic carbocycles. The third-order valence-electron chi connectivity index (χ3n) is 8.40. The molecule has 5 aliphatic rings. The van der Waals surface area contributed by atoms with Gasteiger partial charge in [0.15, 0.2) is 0 Å². The third-order valence-corrected chi connectivity index (χ3v) is 10.3. The van der Waals surface area contributed by atoms with Gasteiger partial charge in [0, 0.05) is 18.6 Å². The zero-order chi connectivity index (χ0) is 21.0. The number of nitrogens with zero attached hydrogens (tertiary/aromatic N) is 1. The highest BCUT2D eigenvalue weighted by atomic mass is 32.2. The van der Waals surface area contributed by atoms with E-state index in [1.165, 1.54) is 19.3 Å². The maximum atomic E-state index is 12.9. The fourth-order valence-electron chi connectivity index (χ4n) is 7.84. The number of nitrogens with two attached hydrogens (primary N) is 1. The maximum Gasteiger partial charge on any atom is 0.312 e. The van der Waals surface area contributed by atoms with E-state index in [9.17, 15) is 13.2 Å². The first-order valence-electron chi connectivity index (χ1n) is 11.4. The van der Waals surface area contributed by atoms with Gasteiger partial charge in [0.2, 0.25) is 10.0 Å². The second-order valence-electron chi connectivity index (χ2n) is 10.5. The molecule has 1 heterocycles. The number of benzene rings is 1. The van der Waals surface area contributed by atoms with Gasteiger partial charge in [-0.15, -0.1) is 0 Å². The molecule has 0 radical (unpaired) electrons. The number of nitrogens with one attached hydrogen (secondary N) is 1. The first-order valence-corrected chi connectivity index (χ1v) is 13.0. The molecule has 2 amide bonds. The zero-order valence-corrected chi connectivity index (χ0v) is 18.4. The topological polar surface area (TPSA) is 92.5 Å². The van der Waals surface area contributed by atoms with E-state index >= 15 is 0 Å². The van der Waals surface area contributed by atoms with Crippen LogP contribution in [0.4, 0.5) is 4.79 Å². The molecule has 164 valence electrons. The van der Waals surface area contributed by atoms with Gasteiger partial charge >= 0.3 is 6.03 Å². The van der Waals surface area contributed by atoms with Crippen molar-refractivity contribution in [3.8, 4) is 0 Å². The molecule has 4 bridgehead atoms. The van der Waals surface area contributed by atoms with Crippen molar-refractivity contribution in [2.75, 3.05) is 13.1 Å². The number of amides is 2. The third kappa shape index (κ3) is 3.64. The predicted octanol–water partition coefficient (Wildman–Crippen LogP) is 3.24. The van der Waals surface area contributed by atoms with Crippen LogP contribution in [0, 0.1) is 23.2 Å². The second-order valence-corrected chi connectivity index (χ2v) is 12.5. The summed E-state index contributed by atoms with van der Waals surface area (Å²) in [5.74, 6) is 1.98. The molecule has 5 fully saturated rings. The molecule has 6 rings (SSSR count). The number of sulfonamides is 1. The lowest BCUT2D eigenvalue weighted by molar-refractivity contribution is -0.114. The Balaban J connectivity index is 1.28. The minimum atomic E-state index is -3.28. The summed E-state index contributed by atoms with van der Waals surface area (Å²) < 4.78 is 27.6. The van der Waals surface area contributed by atoms with Crippen LogP contribution in [0.15, 0.2) is 30.3 Å². The fraction of sp³-hybridized carbons (Fsp3) is 0.696. The average molecular weight is 432 g/mol. The number of urea groups is 1. The van der Waals surface area contributed by atoms with E-state index in [1.54, 1.807) is 4.31 Å². The smallest absolute Gasteiger partial charge is 0.312 e. The van der Waals surface area contributed by atoms with Gasteiger partial charge in [0.05, 0.1) is 5.75 Å². The summed E-state index contributed by atoms with van der Waals surface area (Å²) >= 11 is 0. The molecule has 2 unspecified atom stereocenters. The van der Waals surface area contributed by atoms with Crippen LogP contribution in [0.2, 0.25) is 0 Å². The minimum Gasteiger partial charge on any atom is -0.352 e. The summed E-state index contributed by atoms with van der Waals surface area (Å²) in [6.45, 7) is 1.24. The Morgan fingerprint density at radius 2 is 1.70 bits per heavy atom. The molecule has 6 nitrogen and oxygen atoms in total. The van der Waals surface area contributed by atoms with Crippen molar-refractivity contribution in [2.45, 2.75) is 62.7 Å². The Bertz CT molecular complexity index is 895. The molecule has 4 saturated carbocycles. The molecule has 3 N–H and O–H groups in total. The van der Waals surface area contributed by atoms with Crippen LogP contribution in [0.3, 0.4) is 0 Å². The molecule has 1 aromatic rings. The summed E-state index contributed by atoms with van der Waals surface area (Å²) in [4.78, 5) is 11.7. The number of hydrogen-bond donors (Lipinski definition) is 2. The van der Waals surface area contributed by atoms with E-state index in [2.05, 4.69) is 5.32 Å². The molecule has 7 heteroatoms. The molecule has 2 atom stereocenters. The van der Waals surface area contributed by atoms with Crippen molar-refractivity contribution in [3.63, 3.8) is 0 Å². The van der Waals surface area contributed by atoms with Crippen LogP contribution in [-0.2, 0) is 15.8 Å². The molecule has 1 aromatic carbocycles. The van der Waals surface area contributed by atoms with Gasteiger partial charge in [-0.25, -0.2) is 17.5 Å². The molecule has 1 aliphatic heterocycles. The van der Waals surface area contributed by atoms with Gasteiger partial charge in [0.25, 0.3) is 0 Å². The van der Waals surface area contributed by atoms with Gasteiger partial charge in [-0.2, -0.15) is 0 Å². The Hall–Kier alpha value is -1.60. The fourth-order valence-corrected chi connectivity index (χ4v) is 9.40. The Morgan fingerprint density at radius 3 is 2.30 bits per heavy atom. The van der Waals surface area contributed by atoms with Crippen LogP contribution in [0.5, 0.6) is 0 Å². The van der Waals surface area contributed by atoms with Crippen molar-refractivity contribution in [1.29, 1.82) is 0 Å². The van der Waals surface area contributed by atoms with E-state index in [4.69, 9.17) is 5.73 Å². The van der Waals surface area contributed by atoms with Gasteiger partial charge in [0.1, 0.15) is 0 Å². The molecule has 0 spiro atoms. The van der Waals surface area contributed by atoms with E-state index in [-0.39, 0.29) is 16.7 Å². The number of carbonyl (C=O) groups excluding carboxylic acids is 1. The highest BCUT2D eigenvalue weighted by molar-refractivity contribution is 7.88. The predicted molar refractivity (Wildman–Crippen MR) is 116 cm³/mol. The van der Waals surface area contributed by atoms with Crippen LogP contribution in [0.25, 0.3) is 0 Å². The standard InChI is InChI=1S/C23H33N3O3S/c24-21(27)25-23-13-18-10-19(14-23)12-22(11-18,16-23)20-6-8-26(9-7-20)30(28,29)15-17-4-2-1-3-5-17/h1-5,18-20H,6-16H2,(H3,24,25,27). The SMILES string of the molecule is NC(=O)NC12CC3CC(C1)CC(C1CCN(S(=O)(=O)Cc4ccccc4)CC1)(C3)C2. The molecule has 30 heavy (non-hydrogen) atoms. The van der Waals surface area contributed by atoms with Gasteiger partial charge in [-0.3, -0.25) is 0 Å². The normalized spacial score (nSPS) is 36.7. The van der Waals surface area contributed by atoms with Crippen molar-refractivity contribution >= 4 is 16.1 Å². The lowest BCUT2D eigenvalue weighted by atomic mass is 9.43. The lowest BCUT2D eigenvalue weighted by Gasteiger charge is -2.64. The van der Waals surface area contributed by atoms with Gasteiger partial charge in [-0.1, -0.05) is 30.3 Å². The van der Waals surface area contributed by atoms with Crippen LogP contribution in [-0.4, -0.2) is 37.4 Å². The van der Waals surface area contributed by atoms with Crippen LogP contribution in [0.1, 0.15) is 56.9 Å². The summed E-state index contributed by atoms with van der Waals surface area (Å²) in [5, 5.41) is 3.14. The average Bonchev–Trinajstić information content (AvgIpc) is 2.66. The summed E-state index contributed by atoms with van der Waals surface area (Å²) in [7, 11) is -3.28. The Morgan fingerprint density at radius 1 is 1.07 bits per heavy atom. The second kappa shape index (κ2) is 7.23. The Labute approximate surface area is 179 Å². The number of primary amides is 1. The maximum absolute atomic E-state index is 12.9. The highest BCUT2D eigenvalue weighted by Crippen LogP contribution is 2.65. The van der Waals surface area contributed by atoms with Crippen molar-refractivity contribution in [3.05, 3.63) is 35.9 Å². The monoisotopic (exact) mass is 431 g/mol. The number of piperidine rings is 1. The molecular formula is C23H33N3O3S. The highest BCUT2D eigenvalue weighted by Gasteiger charge is 2.60. The molecule has 0 aromatic heterocycles. The molecular weight excluding hydrogens is 398 g/mol. The number of rotatable bonds is 5. The molecule has 1 saturated heterocycles. The number of carbonyl (C=O) groups is 1. The van der Waals surface area contributed by atoms with Crippen molar-refractivity contribution in [2.24, 2.45) is 28.9 Å². The van der Waals surface area contributed by atoms with Crippen LogP contribution >= 0.6 is 0 Å². The number of hydrogen-bond acceptors (Lipinski definition) is 3. The first kappa shape index (κ1) is 20.3. The summed E-state index contributed by atoms with van der Waals surface area (Å²) in [6, 6.07) is 9.05. The summed E-state index contributed by atoms with van der Waals surface area (Å²) in [5.41, 5.74) is 6.52. The first-order chi connectivity index (χ1) is 14.3. The minimum absolute atomic E-state index is 0.0828. The van der Waals surface area contributed by atoms with Gasteiger partial charge < -0.3 is 11.1 Å². The van der Waals surface area contributed by atoms with E-state index in [0.717, 1.165) is 37.7 Å². The zero-order valence-electron chi connectivity index (χ0n) is 17.6. The van der Waals surface area contributed by atoms with Crippen molar-refractivity contribution in [1.82, 2.24) is 9.62 Å². The lowest BCUT2D eigenvalue weighted by Crippen LogP contribution is -2.65. The summed E-state index contributed by atoms with van der Waals surface area (Å²) in [6.07, 6.45) is 8.79. The largest absolute Gasteiger partial charge is 0.352 e. The van der Waals surface area contributed by atoms with Gasteiger partial charge in [-0.05, 0) is 80.1 Å². The van der Waals surface area contributed by atoms with Crippen LogP contribution < -0.4 is 11.1 Å².